The van der Waals surface area contributed by atoms with Crippen molar-refractivity contribution in [2.75, 3.05) is 0 Å². The zero-order valence-corrected chi connectivity index (χ0v) is 7.00. The maximum absolute atomic E-state index is 10.9. The molecule has 0 heterocycles. The van der Waals surface area contributed by atoms with Gasteiger partial charge >= 0.3 is 5.97 Å². The Kier molecular flexibility index (Phi) is 2.45. The second kappa shape index (κ2) is 3.36. The number of aryl methyl sites for hydroxylation is 2. The molecule has 0 amide bonds. The molecule has 0 saturated heterocycles. The Hall–Kier alpha value is -1.35. The summed E-state index contributed by atoms with van der Waals surface area (Å²) >= 11 is 0. The van der Waals surface area contributed by atoms with Crippen molar-refractivity contribution >= 4 is 5.97 Å². The van der Waals surface area contributed by atoms with Gasteiger partial charge in [0, 0.05) is 0 Å². The summed E-state index contributed by atoms with van der Waals surface area (Å²) in [6.07, 6.45) is 0. The smallest absolute Gasteiger partial charge is 0.295 e. The van der Waals surface area contributed by atoms with Crippen molar-refractivity contribution < 1.29 is 14.9 Å². The van der Waals surface area contributed by atoms with E-state index in [-0.39, 0.29) is 0 Å². The zero-order chi connectivity index (χ0) is 9.14. The Bertz CT molecular complexity index is 305. The SMILES string of the molecule is Cc1ccc(C)c(C(=O)OO)c1. The molecule has 0 aromatic heterocycles. The van der Waals surface area contributed by atoms with Crippen molar-refractivity contribution in [2.45, 2.75) is 13.8 Å². The molecule has 3 heteroatoms. The minimum absolute atomic E-state index is 0.400. The standard InChI is InChI=1S/C9H10O3/c1-6-3-4-7(2)8(5-6)9(10)12-11/h3-5,11H,1-2H3. The molecule has 12 heavy (non-hydrogen) atoms. The third-order valence-corrected chi connectivity index (χ3v) is 1.70. The third-order valence-electron chi connectivity index (χ3n) is 1.70. The van der Waals surface area contributed by atoms with Gasteiger partial charge in [0.25, 0.3) is 0 Å². The van der Waals surface area contributed by atoms with Crippen LogP contribution in [-0.2, 0) is 4.89 Å². The minimum Gasteiger partial charge on any atom is -0.295 e. The Labute approximate surface area is 70.5 Å². The van der Waals surface area contributed by atoms with E-state index in [4.69, 9.17) is 5.26 Å². The number of hydrogen-bond acceptors (Lipinski definition) is 3. The van der Waals surface area contributed by atoms with Crippen molar-refractivity contribution in [3.63, 3.8) is 0 Å². The van der Waals surface area contributed by atoms with Crippen LogP contribution in [0.5, 0.6) is 0 Å². The van der Waals surface area contributed by atoms with E-state index in [0.717, 1.165) is 11.1 Å². The first kappa shape index (κ1) is 8.74. The van der Waals surface area contributed by atoms with Crippen LogP contribution < -0.4 is 0 Å². The van der Waals surface area contributed by atoms with Gasteiger partial charge in [-0.15, -0.1) is 0 Å². The van der Waals surface area contributed by atoms with Crippen molar-refractivity contribution in [3.05, 3.63) is 34.9 Å². The maximum atomic E-state index is 10.9. The molecular weight excluding hydrogens is 156 g/mol. The molecule has 0 aliphatic heterocycles. The van der Waals surface area contributed by atoms with Gasteiger partial charge in [-0.1, -0.05) is 17.7 Å². The van der Waals surface area contributed by atoms with E-state index in [1.54, 1.807) is 13.0 Å². The number of carbonyl (C=O) groups excluding carboxylic acids is 1. The van der Waals surface area contributed by atoms with Crippen molar-refractivity contribution in [2.24, 2.45) is 0 Å². The van der Waals surface area contributed by atoms with E-state index in [9.17, 15) is 4.79 Å². The molecule has 1 rings (SSSR count). The highest BCUT2D eigenvalue weighted by atomic mass is 17.1. The van der Waals surface area contributed by atoms with Crippen LogP contribution in [0, 0.1) is 13.8 Å². The van der Waals surface area contributed by atoms with E-state index in [1.165, 1.54) is 0 Å². The maximum Gasteiger partial charge on any atom is 0.373 e. The van der Waals surface area contributed by atoms with Crippen LogP contribution in [0.1, 0.15) is 21.5 Å². The summed E-state index contributed by atoms with van der Waals surface area (Å²) < 4.78 is 0. The molecule has 0 radical (unpaired) electrons. The average Bonchev–Trinajstić information content (AvgIpc) is 2.08. The molecular formula is C9H10O3. The van der Waals surface area contributed by atoms with Gasteiger partial charge in [0.15, 0.2) is 0 Å². The van der Waals surface area contributed by atoms with Crippen molar-refractivity contribution in [3.8, 4) is 0 Å². The van der Waals surface area contributed by atoms with Crippen LogP contribution in [0.25, 0.3) is 0 Å². The second-order valence-corrected chi connectivity index (χ2v) is 2.70. The van der Waals surface area contributed by atoms with Gasteiger partial charge in [-0.25, -0.2) is 4.79 Å². The number of rotatable bonds is 1. The fourth-order valence-corrected chi connectivity index (χ4v) is 1.00. The highest BCUT2D eigenvalue weighted by molar-refractivity contribution is 5.90. The summed E-state index contributed by atoms with van der Waals surface area (Å²) in [5, 5.41) is 8.15. The number of benzene rings is 1. The Morgan fingerprint density at radius 2 is 2.08 bits per heavy atom. The van der Waals surface area contributed by atoms with E-state index in [0.29, 0.717) is 5.56 Å². The van der Waals surface area contributed by atoms with Crippen LogP contribution >= 0.6 is 0 Å². The second-order valence-electron chi connectivity index (χ2n) is 2.70. The fraction of sp³-hybridized carbons (Fsp3) is 0.222. The molecule has 0 aliphatic carbocycles. The first-order valence-electron chi connectivity index (χ1n) is 3.58. The summed E-state index contributed by atoms with van der Waals surface area (Å²) in [6, 6.07) is 5.37. The molecule has 64 valence electrons. The normalized spacial score (nSPS) is 9.58. The molecule has 1 aromatic rings. The molecule has 0 atom stereocenters. The molecule has 0 aliphatic rings. The summed E-state index contributed by atoms with van der Waals surface area (Å²) in [5.74, 6) is -0.712. The van der Waals surface area contributed by atoms with Crippen LogP contribution in [0.3, 0.4) is 0 Å². The first-order valence-corrected chi connectivity index (χ1v) is 3.58. The summed E-state index contributed by atoms with van der Waals surface area (Å²) in [7, 11) is 0. The highest BCUT2D eigenvalue weighted by Gasteiger charge is 2.09. The van der Waals surface area contributed by atoms with Gasteiger partial charge < -0.3 is 0 Å². The van der Waals surface area contributed by atoms with E-state index in [2.05, 4.69) is 4.89 Å². The van der Waals surface area contributed by atoms with Crippen LogP contribution in [0.15, 0.2) is 18.2 Å². The predicted molar refractivity (Wildman–Crippen MR) is 44.0 cm³/mol. The van der Waals surface area contributed by atoms with E-state index < -0.39 is 5.97 Å². The Morgan fingerprint density at radius 1 is 1.42 bits per heavy atom. The molecule has 0 spiro atoms. The molecule has 0 fully saturated rings. The van der Waals surface area contributed by atoms with Gasteiger partial charge in [-0.05, 0) is 25.5 Å². The van der Waals surface area contributed by atoms with Crippen molar-refractivity contribution in [1.82, 2.24) is 0 Å². The molecule has 0 saturated carbocycles. The van der Waals surface area contributed by atoms with Gasteiger partial charge in [0.05, 0.1) is 5.56 Å². The lowest BCUT2D eigenvalue weighted by Gasteiger charge is -2.02. The fourth-order valence-electron chi connectivity index (χ4n) is 1.00. The van der Waals surface area contributed by atoms with Gasteiger partial charge in [-0.2, -0.15) is 5.26 Å². The third kappa shape index (κ3) is 1.62. The summed E-state index contributed by atoms with van der Waals surface area (Å²) in [5.41, 5.74) is 2.15. The minimum atomic E-state index is -0.712. The van der Waals surface area contributed by atoms with Crippen LogP contribution in [0.2, 0.25) is 0 Å². The Morgan fingerprint density at radius 3 is 2.67 bits per heavy atom. The van der Waals surface area contributed by atoms with E-state index >= 15 is 0 Å². The van der Waals surface area contributed by atoms with E-state index in [1.807, 2.05) is 19.1 Å². The lowest BCUT2D eigenvalue weighted by molar-refractivity contribution is -0.182. The molecule has 1 aromatic carbocycles. The predicted octanol–water partition coefficient (Wildman–Crippen LogP) is 1.93. The molecule has 0 unspecified atom stereocenters. The average molecular weight is 166 g/mol. The molecule has 1 N–H and O–H groups in total. The molecule has 0 bridgehead atoms. The number of hydrogen-bond donors (Lipinski definition) is 1. The number of carbonyl (C=O) groups is 1. The lowest BCUT2D eigenvalue weighted by atomic mass is 10.1. The van der Waals surface area contributed by atoms with Crippen LogP contribution in [-0.4, -0.2) is 11.2 Å². The van der Waals surface area contributed by atoms with Gasteiger partial charge in [-0.3, -0.25) is 4.89 Å². The quantitative estimate of drug-likeness (QED) is 0.512. The van der Waals surface area contributed by atoms with Crippen molar-refractivity contribution in [1.29, 1.82) is 0 Å². The van der Waals surface area contributed by atoms with Gasteiger partial charge in [0.2, 0.25) is 0 Å². The highest BCUT2D eigenvalue weighted by Crippen LogP contribution is 2.11. The molecule has 3 nitrogen and oxygen atoms in total. The first-order chi connectivity index (χ1) is 5.65. The van der Waals surface area contributed by atoms with Crippen LogP contribution in [0.4, 0.5) is 0 Å². The monoisotopic (exact) mass is 166 g/mol. The topological polar surface area (TPSA) is 46.5 Å². The zero-order valence-electron chi connectivity index (χ0n) is 7.00. The Balaban J connectivity index is 3.13. The summed E-state index contributed by atoms with van der Waals surface area (Å²) in [4.78, 5) is 14.5. The largest absolute Gasteiger partial charge is 0.373 e. The van der Waals surface area contributed by atoms with Gasteiger partial charge in [0.1, 0.15) is 0 Å². The lowest BCUT2D eigenvalue weighted by Crippen LogP contribution is -2.04. The summed E-state index contributed by atoms with van der Waals surface area (Å²) in [6.45, 7) is 3.65.